The largest absolute Gasteiger partial charge is 0.379 e. The van der Waals surface area contributed by atoms with Gasteiger partial charge in [-0.05, 0) is 55.5 Å². The average Bonchev–Trinajstić information content (AvgIpc) is 2.96. The van der Waals surface area contributed by atoms with Crippen molar-refractivity contribution in [3.8, 4) is 6.07 Å². The van der Waals surface area contributed by atoms with Crippen molar-refractivity contribution in [2.75, 3.05) is 7.05 Å². The Hall–Kier alpha value is -4.57. The Morgan fingerprint density at radius 2 is 1.81 bits per heavy atom. The zero-order chi connectivity index (χ0) is 31.2. The van der Waals surface area contributed by atoms with E-state index in [9.17, 15) is 9.18 Å². The topological polar surface area (TPSA) is 92.9 Å². The Morgan fingerprint density at radius 1 is 1.21 bits per heavy atom. The number of nitrogens with one attached hydrogen (secondary N) is 2. The molecule has 2 rings (SSSR count). The van der Waals surface area contributed by atoms with E-state index in [0.717, 1.165) is 30.4 Å². The minimum Gasteiger partial charge on any atom is -0.379 e. The van der Waals surface area contributed by atoms with E-state index in [-0.39, 0.29) is 19.8 Å². The summed E-state index contributed by atoms with van der Waals surface area (Å²) in [4.78, 5) is 16.3. The second-order valence-electron chi connectivity index (χ2n) is 8.91. The first kappa shape index (κ1) is 39.6. The molecule has 0 spiro atoms. The van der Waals surface area contributed by atoms with Crippen LogP contribution in [0.5, 0.6) is 0 Å². The molecule has 0 aliphatic heterocycles. The summed E-state index contributed by atoms with van der Waals surface area (Å²) in [5.41, 5.74) is 6.29. The van der Waals surface area contributed by atoms with Crippen molar-refractivity contribution in [2.45, 2.75) is 68.0 Å². The van der Waals surface area contributed by atoms with E-state index in [4.69, 9.17) is 10.7 Å². The molecular formula is C35H48FN5O. The van der Waals surface area contributed by atoms with Gasteiger partial charge in [0, 0.05) is 55.5 Å². The second-order valence-corrected chi connectivity index (χ2v) is 8.91. The number of halogens is 1. The number of nitriles is 1. The number of nitrogens with zero attached hydrogens (tertiary/aromatic N) is 3. The van der Waals surface area contributed by atoms with Crippen molar-refractivity contribution in [1.82, 2.24) is 15.2 Å². The number of pyridine rings is 1. The Kier molecular flexibility index (Phi) is 21.8. The van der Waals surface area contributed by atoms with Crippen LogP contribution in [-0.4, -0.2) is 28.9 Å². The van der Waals surface area contributed by atoms with E-state index in [1.807, 2.05) is 46.2 Å². The van der Waals surface area contributed by atoms with E-state index in [1.165, 1.54) is 30.2 Å². The highest BCUT2D eigenvalue weighted by molar-refractivity contribution is 6.01. The average molecular weight is 574 g/mol. The van der Waals surface area contributed by atoms with Gasteiger partial charge in [0.2, 0.25) is 0 Å². The summed E-state index contributed by atoms with van der Waals surface area (Å²) in [5.74, 6) is -0.379. The van der Waals surface area contributed by atoms with Crippen molar-refractivity contribution in [2.24, 2.45) is 0 Å². The van der Waals surface area contributed by atoms with Crippen LogP contribution < -0.4 is 5.32 Å². The highest BCUT2D eigenvalue weighted by Gasteiger charge is 2.10. The lowest BCUT2D eigenvalue weighted by Crippen LogP contribution is -2.19. The maximum absolute atomic E-state index is 14.0. The minimum absolute atomic E-state index is 0. The summed E-state index contributed by atoms with van der Waals surface area (Å²) in [7, 11) is 2.03. The van der Waals surface area contributed by atoms with Crippen LogP contribution in [0.3, 0.4) is 0 Å². The summed E-state index contributed by atoms with van der Waals surface area (Å²) in [6.07, 6.45) is 12.7. The van der Waals surface area contributed by atoms with Gasteiger partial charge in [-0.3, -0.25) is 9.78 Å². The molecule has 0 bridgehead atoms. The standard InChI is InChI=1S/C16H20FN3.C16H21NO.C2H3N.CH4/c1-5-12-8-9-19-15(16(12)17)10-20-11(4)13(6-2)14(18)7-3;1-4-15-7-9-16(10-8-15)13-17(3)12-14(2)6-5-11-18;1-2-3;/h5-6,8-9,18,20H,1,4,7,10H2,2-3H3;5-12H,4,13H2,1-3H3;1H3;1H4/b13-6-,18-14?;6-5-,14-12-;;. The number of carbonyl (C=O) groups excluding carboxylic acids is 1. The monoisotopic (exact) mass is 573 g/mol. The third-order valence-electron chi connectivity index (χ3n) is 5.70. The minimum atomic E-state index is -0.379. The van der Waals surface area contributed by atoms with Crippen LogP contribution in [0.2, 0.25) is 0 Å². The molecule has 2 N–H and O–H groups in total. The normalized spacial score (nSPS) is 10.5. The maximum Gasteiger partial charge on any atom is 0.153 e. The molecule has 0 fully saturated rings. The van der Waals surface area contributed by atoms with Crippen molar-refractivity contribution in [3.63, 3.8) is 0 Å². The van der Waals surface area contributed by atoms with Crippen LogP contribution in [0.4, 0.5) is 4.39 Å². The number of carbonyl (C=O) groups is 1. The van der Waals surface area contributed by atoms with Crippen LogP contribution in [-0.2, 0) is 24.3 Å². The predicted molar refractivity (Wildman–Crippen MR) is 176 cm³/mol. The zero-order valence-electron chi connectivity index (χ0n) is 25.3. The number of hydrogen-bond donors (Lipinski definition) is 2. The molecule has 0 atom stereocenters. The number of allylic oxidation sites excluding steroid dienone is 5. The lowest BCUT2D eigenvalue weighted by molar-refractivity contribution is -0.104. The molecule has 1 heterocycles. The van der Waals surface area contributed by atoms with E-state index in [1.54, 1.807) is 18.3 Å². The summed E-state index contributed by atoms with van der Waals surface area (Å²) in [6.45, 7) is 17.9. The SMILES string of the molecule is C.C=Cc1ccnc(CNC(=C)/C(=C/C)C(=N)CC)c1F.CC#N.CCc1ccc(CN(C)/C=C(C)\C=C/C=O)cc1. The van der Waals surface area contributed by atoms with Gasteiger partial charge >= 0.3 is 0 Å². The van der Waals surface area contributed by atoms with Crippen molar-refractivity contribution in [3.05, 3.63) is 119 Å². The van der Waals surface area contributed by atoms with Crippen molar-refractivity contribution >= 4 is 18.1 Å². The van der Waals surface area contributed by atoms with Gasteiger partial charge in [0.25, 0.3) is 0 Å². The fourth-order valence-electron chi connectivity index (χ4n) is 3.59. The van der Waals surface area contributed by atoms with Crippen LogP contribution in [0, 0.1) is 22.6 Å². The van der Waals surface area contributed by atoms with E-state index < -0.39 is 0 Å². The highest BCUT2D eigenvalue weighted by atomic mass is 19.1. The fraction of sp³-hybridized carbons (Fsp3) is 0.314. The summed E-state index contributed by atoms with van der Waals surface area (Å²) < 4.78 is 14.0. The summed E-state index contributed by atoms with van der Waals surface area (Å²) >= 11 is 0. The fourth-order valence-corrected chi connectivity index (χ4v) is 3.59. The third kappa shape index (κ3) is 15.3. The zero-order valence-corrected chi connectivity index (χ0v) is 25.3. The van der Waals surface area contributed by atoms with Crippen LogP contribution in [0.1, 0.15) is 70.9 Å². The quantitative estimate of drug-likeness (QED) is 0.109. The van der Waals surface area contributed by atoms with Gasteiger partial charge in [0.1, 0.15) is 6.29 Å². The molecule has 7 heteroatoms. The molecule has 0 amide bonds. The molecule has 6 nitrogen and oxygen atoms in total. The molecule has 2 aromatic rings. The van der Waals surface area contributed by atoms with Crippen molar-refractivity contribution < 1.29 is 9.18 Å². The van der Waals surface area contributed by atoms with Gasteiger partial charge in [-0.2, -0.15) is 5.26 Å². The van der Waals surface area contributed by atoms with Crippen molar-refractivity contribution in [1.29, 1.82) is 10.7 Å². The molecule has 0 saturated heterocycles. The molecule has 0 unspecified atom stereocenters. The molecule has 1 aromatic heterocycles. The predicted octanol–water partition coefficient (Wildman–Crippen LogP) is 8.35. The molecular weight excluding hydrogens is 525 g/mol. The Labute approximate surface area is 253 Å². The first-order valence-corrected chi connectivity index (χ1v) is 13.4. The molecule has 0 radical (unpaired) electrons. The van der Waals surface area contributed by atoms with Gasteiger partial charge in [0.05, 0.1) is 18.3 Å². The summed E-state index contributed by atoms with van der Waals surface area (Å²) in [5, 5.41) is 18.2. The van der Waals surface area contributed by atoms with Crippen LogP contribution >= 0.6 is 0 Å². The molecule has 0 aliphatic rings. The third-order valence-corrected chi connectivity index (χ3v) is 5.70. The number of aromatic nitrogens is 1. The molecule has 0 aliphatic carbocycles. The van der Waals surface area contributed by atoms with E-state index >= 15 is 0 Å². The maximum atomic E-state index is 14.0. The second kappa shape index (κ2) is 23.2. The lowest BCUT2D eigenvalue weighted by Gasteiger charge is -2.15. The molecule has 1 aromatic carbocycles. The van der Waals surface area contributed by atoms with Crippen LogP contribution in [0.15, 0.2) is 91.0 Å². The van der Waals surface area contributed by atoms with Gasteiger partial charge in [-0.1, -0.05) is 76.9 Å². The lowest BCUT2D eigenvalue weighted by atomic mass is 10.1. The van der Waals surface area contributed by atoms with Gasteiger partial charge in [-0.15, -0.1) is 0 Å². The Balaban J connectivity index is 0. The van der Waals surface area contributed by atoms with E-state index in [0.29, 0.717) is 29.1 Å². The number of benzene rings is 1. The first-order chi connectivity index (χ1) is 19.6. The van der Waals surface area contributed by atoms with Crippen LogP contribution in [0.25, 0.3) is 6.08 Å². The molecule has 226 valence electrons. The molecule has 42 heavy (non-hydrogen) atoms. The van der Waals surface area contributed by atoms with E-state index in [2.05, 4.69) is 59.5 Å². The van der Waals surface area contributed by atoms with Gasteiger partial charge in [-0.25, -0.2) is 4.39 Å². The first-order valence-electron chi connectivity index (χ1n) is 13.4. The number of aldehydes is 1. The smallest absolute Gasteiger partial charge is 0.153 e. The van der Waals surface area contributed by atoms with Gasteiger partial charge in [0.15, 0.2) is 5.82 Å². The Morgan fingerprint density at radius 3 is 2.31 bits per heavy atom. The van der Waals surface area contributed by atoms with Gasteiger partial charge < -0.3 is 15.6 Å². The highest BCUT2D eigenvalue weighted by Crippen LogP contribution is 2.14. The number of hydrogen-bond acceptors (Lipinski definition) is 6. The summed E-state index contributed by atoms with van der Waals surface area (Å²) in [6, 6.07) is 12.0. The number of aryl methyl sites for hydroxylation is 1. The molecule has 0 saturated carbocycles. The number of rotatable bonds is 13. The Bertz CT molecular complexity index is 1270.